The summed E-state index contributed by atoms with van der Waals surface area (Å²) in [6.45, 7) is 0.703. The van der Waals surface area contributed by atoms with Gasteiger partial charge >= 0.3 is 0 Å². The highest BCUT2D eigenvalue weighted by Gasteiger charge is 2.31. The number of aliphatic hydroxyl groups is 2. The van der Waals surface area contributed by atoms with Crippen molar-refractivity contribution in [2.45, 2.75) is 43.7 Å². The third kappa shape index (κ3) is 4.85. The lowest BCUT2D eigenvalue weighted by Crippen LogP contribution is -2.52. The van der Waals surface area contributed by atoms with Crippen molar-refractivity contribution < 1.29 is 14.9 Å². The number of ether oxygens (including phenoxy) is 1. The Morgan fingerprint density at radius 2 is 1.95 bits per heavy atom. The first kappa shape index (κ1) is 16.6. The molecular formula is C16H24ClNO3. The quantitative estimate of drug-likeness (QED) is 0.723. The van der Waals surface area contributed by atoms with Gasteiger partial charge in [0.1, 0.15) is 18.5 Å². The van der Waals surface area contributed by atoms with Gasteiger partial charge in [-0.3, -0.25) is 0 Å². The molecule has 0 bridgehead atoms. The zero-order valence-corrected chi connectivity index (χ0v) is 13.0. The Labute approximate surface area is 131 Å². The molecule has 0 aromatic heterocycles. The van der Waals surface area contributed by atoms with Crippen LogP contribution in [0.5, 0.6) is 5.75 Å². The third-order valence-corrected chi connectivity index (χ3v) is 4.41. The summed E-state index contributed by atoms with van der Waals surface area (Å²) in [6.07, 6.45) is 4.76. The zero-order chi connectivity index (χ0) is 15.1. The number of β-amino-alcohol motifs (C(OH)–C–C–N with tert-alkyl or cyclic N) is 1. The van der Waals surface area contributed by atoms with Crippen LogP contribution in [-0.2, 0) is 0 Å². The fraction of sp³-hybridized carbons (Fsp3) is 0.625. The summed E-state index contributed by atoms with van der Waals surface area (Å²) >= 11 is 6.00. The summed E-state index contributed by atoms with van der Waals surface area (Å²) in [4.78, 5) is 0. The Kier molecular flexibility index (Phi) is 6.30. The standard InChI is InChI=1S/C16H24ClNO3/c17-14-6-2-3-7-15(14)21-11-13(20)10-18-16(12-19)8-4-1-5-9-16/h2-3,6-7,13,18-20H,1,4-5,8-12H2. The van der Waals surface area contributed by atoms with Crippen LogP contribution in [0.3, 0.4) is 0 Å². The van der Waals surface area contributed by atoms with Crippen molar-refractivity contribution in [3.63, 3.8) is 0 Å². The van der Waals surface area contributed by atoms with Crippen molar-refractivity contribution in [2.24, 2.45) is 0 Å². The van der Waals surface area contributed by atoms with Gasteiger partial charge < -0.3 is 20.3 Å². The van der Waals surface area contributed by atoms with Gasteiger partial charge in [0.25, 0.3) is 0 Å². The molecule has 1 aliphatic carbocycles. The van der Waals surface area contributed by atoms with Gasteiger partial charge in [0.05, 0.1) is 11.6 Å². The lowest BCUT2D eigenvalue weighted by atomic mass is 9.82. The average molecular weight is 314 g/mol. The van der Waals surface area contributed by atoms with E-state index in [2.05, 4.69) is 5.32 Å². The summed E-state index contributed by atoms with van der Waals surface area (Å²) in [7, 11) is 0. The topological polar surface area (TPSA) is 61.7 Å². The first-order chi connectivity index (χ1) is 10.2. The minimum absolute atomic E-state index is 0.116. The second-order valence-corrected chi connectivity index (χ2v) is 6.18. The SMILES string of the molecule is OCC1(NCC(O)COc2ccccc2Cl)CCCCC1. The van der Waals surface area contributed by atoms with Gasteiger partial charge in [-0.15, -0.1) is 0 Å². The third-order valence-electron chi connectivity index (χ3n) is 4.09. The Morgan fingerprint density at radius 3 is 2.62 bits per heavy atom. The highest BCUT2D eigenvalue weighted by atomic mass is 35.5. The number of rotatable bonds is 7. The van der Waals surface area contributed by atoms with E-state index < -0.39 is 6.10 Å². The van der Waals surface area contributed by atoms with E-state index in [0.717, 1.165) is 25.7 Å². The lowest BCUT2D eigenvalue weighted by Gasteiger charge is -2.37. The lowest BCUT2D eigenvalue weighted by molar-refractivity contribution is 0.0712. The van der Waals surface area contributed by atoms with Crippen molar-refractivity contribution >= 4 is 11.6 Å². The largest absolute Gasteiger partial charge is 0.489 e. The Hall–Kier alpha value is -0.810. The van der Waals surface area contributed by atoms with Crippen LogP contribution in [0.4, 0.5) is 0 Å². The first-order valence-corrected chi connectivity index (χ1v) is 7.94. The maximum atomic E-state index is 10.0. The summed E-state index contributed by atoms with van der Waals surface area (Å²) in [6, 6.07) is 7.21. The van der Waals surface area contributed by atoms with Gasteiger partial charge in [-0.1, -0.05) is 43.0 Å². The van der Waals surface area contributed by atoms with Crippen LogP contribution >= 0.6 is 11.6 Å². The van der Waals surface area contributed by atoms with Crippen molar-refractivity contribution in [3.8, 4) is 5.75 Å². The molecule has 1 saturated carbocycles. The normalized spacial score (nSPS) is 19.2. The number of hydrogen-bond donors (Lipinski definition) is 3. The van der Waals surface area contributed by atoms with Crippen LogP contribution in [0, 0.1) is 0 Å². The van der Waals surface area contributed by atoms with Crippen LogP contribution in [0.25, 0.3) is 0 Å². The number of benzene rings is 1. The van der Waals surface area contributed by atoms with E-state index >= 15 is 0 Å². The second-order valence-electron chi connectivity index (χ2n) is 5.78. The maximum absolute atomic E-state index is 10.0. The summed E-state index contributed by atoms with van der Waals surface area (Å²) in [5.41, 5.74) is -0.233. The second kappa shape index (κ2) is 7.99. The van der Waals surface area contributed by atoms with Gasteiger partial charge in [-0.05, 0) is 25.0 Å². The molecule has 0 spiro atoms. The number of hydrogen-bond acceptors (Lipinski definition) is 4. The summed E-state index contributed by atoms with van der Waals surface area (Å²) in [5, 5.41) is 23.5. The Bertz CT molecular complexity index is 435. The predicted molar refractivity (Wildman–Crippen MR) is 83.9 cm³/mol. The molecule has 21 heavy (non-hydrogen) atoms. The van der Waals surface area contributed by atoms with Crippen LogP contribution in [0.15, 0.2) is 24.3 Å². The zero-order valence-electron chi connectivity index (χ0n) is 12.2. The van der Waals surface area contributed by atoms with Gasteiger partial charge in [0, 0.05) is 12.1 Å². The number of nitrogens with one attached hydrogen (secondary N) is 1. The van der Waals surface area contributed by atoms with Gasteiger partial charge in [0.15, 0.2) is 0 Å². The average Bonchev–Trinajstić information content (AvgIpc) is 2.53. The molecule has 5 heteroatoms. The fourth-order valence-corrected chi connectivity index (χ4v) is 2.95. The molecule has 1 aliphatic rings. The van der Waals surface area contributed by atoms with Crippen molar-refractivity contribution in [1.82, 2.24) is 5.32 Å². The molecule has 1 fully saturated rings. The van der Waals surface area contributed by atoms with E-state index in [0.29, 0.717) is 17.3 Å². The smallest absolute Gasteiger partial charge is 0.138 e. The van der Waals surface area contributed by atoms with Crippen LogP contribution in [0.2, 0.25) is 5.02 Å². The van der Waals surface area contributed by atoms with Crippen molar-refractivity contribution in [1.29, 1.82) is 0 Å². The molecule has 1 atom stereocenters. The molecule has 4 nitrogen and oxygen atoms in total. The molecule has 0 radical (unpaired) electrons. The summed E-state index contributed by atoms with van der Waals surface area (Å²) in [5.74, 6) is 0.577. The Morgan fingerprint density at radius 1 is 1.24 bits per heavy atom. The van der Waals surface area contributed by atoms with Crippen LogP contribution in [0.1, 0.15) is 32.1 Å². The van der Waals surface area contributed by atoms with E-state index in [1.54, 1.807) is 12.1 Å². The van der Waals surface area contributed by atoms with E-state index in [9.17, 15) is 10.2 Å². The molecule has 0 heterocycles. The monoisotopic (exact) mass is 313 g/mol. The molecular weight excluding hydrogens is 290 g/mol. The number of halogens is 1. The highest BCUT2D eigenvalue weighted by Crippen LogP contribution is 2.27. The summed E-state index contributed by atoms with van der Waals surface area (Å²) < 4.78 is 5.52. The van der Waals surface area contributed by atoms with E-state index in [1.165, 1.54) is 6.42 Å². The van der Waals surface area contributed by atoms with Gasteiger partial charge in [0.2, 0.25) is 0 Å². The molecule has 0 aliphatic heterocycles. The molecule has 0 saturated heterocycles. The van der Waals surface area contributed by atoms with Gasteiger partial charge in [-0.25, -0.2) is 0 Å². The van der Waals surface area contributed by atoms with E-state index in [-0.39, 0.29) is 18.8 Å². The van der Waals surface area contributed by atoms with E-state index in [4.69, 9.17) is 16.3 Å². The minimum atomic E-state index is -0.633. The van der Waals surface area contributed by atoms with Crippen LogP contribution < -0.4 is 10.1 Å². The molecule has 1 aromatic carbocycles. The molecule has 0 amide bonds. The Balaban J connectivity index is 1.76. The number of para-hydroxylation sites is 1. The molecule has 2 rings (SSSR count). The fourth-order valence-electron chi connectivity index (χ4n) is 2.76. The highest BCUT2D eigenvalue weighted by molar-refractivity contribution is 6.32. The molecule has 118 valence electrons. The molecule has 1 aromatic rings. The predicted octanol–water partition coefficient (Wildman–Crippen LogP) is 2.36. The first-order valence-electron chi connectivity index (χ1n) is 7.56. The maximum Gasteiger partial charge on any atom is 0.138 e. The van der Waals surface area contributed by atoms with Crippen LogP contribution in [-0.4, -0.2) is 41.6 Å². The van der Waals surface area contributed by atoms with Gasteiger partial charge in [-0.2, -0.15) is 0 Å². The van der Waals surface area contributed by atoms with E-state index in [1.807, 2.05) is 12.1 Å². The van der Waals surface area contributed by atoms with Crippen molar-refractivity contribution in [2.75, 3.05) is 19.8 Å². The minimum Gasteiger partial charge on any atom is -0.489 e. The molecule has 1 unspecified atom stereocenters. The molecule has 3 N–H and O–H groups in total. The van der Waals surface area contributed by atoms with Crippen molar-refractivity contribution in [3.05, 3.63) is 29.3 Å². The number of aliphatic hydroxyl groups excluding tert-OH is 2.